The molecule has 4 unspecified atom stereocenters. The third kappa shape index (κ3) is 1.36. The van der Waals surface area contributed by atoms with Crippen molar-refractivity contribution in [1.29, 1.82) is 0 Å². The molecule has 1 saturated carbocycles. The minimum Gasteiger partial charge on any atom is -0.466 e. The van der Waals surface area contributed by atoms with Crippen LogP contribution in [0.3, 0.4) is 0 Å². The van der Waals surface area contributed by atoms with Gasteiger partial charge in [-0.3, -0.25) is 0 Å². The number of ether oxygens (including phenoxy) is 2. The second kappa shape index (κ2) is 4.11. The summed E-state index contributed by atoms with van der Waals surface area (Å²) in [6.45, 7) is 0. The summed E-state index contributed by atoms with van der Waals surface area (Å²) in [6, 6.07) is 9.90. The topological polar surface area (TPSA) is 52.6 Å². The molecule has 3 aliphatic rings. The summed E-state index contributed by atoms with van der Waals surface area (Å²) < 4.78 is 9.73. The minimum absolute atomic E-state index is 0.0832. The first kappa shape index (κ1) is 12.5. The molecule has 0 saturated heterocycles. The normalized spacial score (nSPS) is 31.0. The fraction of sp³-hybridized carbons (Fsp3) is 0.412. The smallest absolute Gasteiger partial charge is 0.334 e. The summed E-state index contributed by atoms with van der Waals surface area (Å²) >= 11 is 0. The SMILES string of the molecule is COC(=O)C1=C(C(=O)OC)C2C3CC(c4cc#ccc43)C12. The fourth-order valence-electron chi connectivity index (χ4n) is 4.49. The van der Waals surface area contributed by atoms with Crippen LogP contribution in [0, 0.1) is 24.0 Å². The Morgan fingerprint density at radius 3 is 1.76 bits per heavy atom. The van der Waals surface area contributed by atoms with E-state index >= 15 is 0 Å². The second-order valence-electron chi connectivity index (χ2n) is 5.80. The van der Waals surface area contributed by atoms with Gasteiger partial charge in [-0.25, -0.2) is 9.59 Å². The Morgan fingerprint density at radius 2 is 1.38 bits per heavy atom. The van der Waals surface area contributed by atoms with Crippen molar-refractivity contribution in [3.8, 4) is 0 Å². The van der Waals surface area contributed by atoms with Gasteiger partial charge in [0.25, 0.3) is 0 Å². The number of rotatable bonds is 2. The molecule has 0 radical (unpaired) electrons. The molecule has 0 amide bonds. The standard InChI is InChI=1S/C17H14O4/c1-20-16(18)14-12-10-7-11(9-6-4-3-5-8(9)10)13(12)15(14)17(19)21-2/h5-6,10-13H,7H2,1-2H3. The quantitative estimate of drug-likeness (QED) is 0.776. The predicted molar refractivity (Wildman–Crippen MR) is 72.3 cm³/mol. The molecule has 0 aliphatic heterocycles. The average Bonchev–Trinajstić information content (AvgIpc) is 3.00. The van der Waals surface area contributed by atoms with E-state index in [0.717, 1.165) is 6.42 Å². The van der Waals surface area contributed by atoms with Gasteiger partial charge in [-0.15, -0.1) is 0 Å². The van der Waals surface area contributed by atoms with Crippen LogP contribution >= 0.6 is 0 Å². The highest BCUT2D eigenvalue weighted by molar-refractivity contribution is 6.05. The van der Waals surface area contributed by atoms with Crippen LogP contribution in [0.1, 0.15) is 29.4 Å². The summed E-state index contributed by atoms with van der Waals surface area (Å²) in [4.78, 5) is 24.1. The van der Waals surface area contributed by atoms with Crippen molar-refractivity contribution in [2.75, 3.05) is 14.2 Å². The number of hydrogen-bond acceptors (Lipinski definition) is 4. The van der Waals surface area contributed by atoms with Crippen molar-refractivity contribution in [2.24, 2.45) is 11.8 Å². The first-order valence-corrected chi connectivity index (χ1v) is 7.01. The van der Waals surface area contributed by atoms with Crippen LogP contribution in [0.15, 0.2) is 23.3 Å². The van der Waals surface area contributed by atoms with Gasteiger partial charge in [0.15, 0.2) is 0 Å². The zero-order valence-electron chi connectivity index (χ0n) is 11.8. The average molecular weight is 282 g/mol. The Morgan fingerprint density at radius 1 is 0.952 bits per heavy atom. The van der Waals surface area contributed by atoms with Crippen LogP contribution in [-0.2, 0) is 19.1 Å². The van der Waals surface area contributed by atoms with Gasteiger partial charge < -0.3 is 9.47 Å². The zero-order valence-corrected chi connectivity index (χ0v) is 11.8. The van der Waals surface area contributed by atoms with Crippen LogP contribution < -0.4 is 0 Å². The van der Waals surface area contributed by atoms with Crippen LogP contribution in [-0.4, -0.2) is 26.2 Å². The van der Waals surface area contributed by atoms with Crippen LogP contribution in [0.5, 0.6) is 0 Å². The largest absolute Gasteiger partial charge is 0.466 e. The summed E-state index contributed by atoms with van der Waals surface area (Å²) in [5.41, 5.74) is 3.51. The third-order valence-electron chi connectivity index (χ3n) is 5.20. The van der Waals surface area contributed by atoms with Gasteiger partial charge in [0.2, 0.25) is 0 Å². The Labute approximate surface area is 122 Å². The van der Waals surface area contributed by atoms with E-state index in [0.29, 0.717) is 11.1 Å². The molecule has 0 spiro atoms. The van der Waals surface area contributed by atoms with Gasteiger partial charge in [-0.1, -0.05) is 12.1 Å². The lowest BCUT2D eigenvalue weighted by atomic mass is 9.60. The summed E-state index contributed by atoms with van der Waals surface area (Å²) in [7, 11) is 2.70. The molecule has 4 heteroatoms. The van der Waals surface area contributed by atoms with Crippen LogP contribution in [0.25, 0.3) is 0 Å². The van der Waals surface area contributed by atoms with Gasteiger partial charge >= 0.3 is 11.9 Å². The highest BCUT2D eigenvalue weighted by Gasteiger charge is 2.62. The Balaban J connectivity index is 1.82. The molecule has 0 aromatic heterocycles. The predicted octanol–water partition coefficient (Wildman–Crippen LogP) is 1.76. The van der Waals surface area contributed by atoms with Crippen molar-refractivity contribution in [2.45, 2.75) is 18.3 Å². The van der Waals surface area contributed by atoms with E-state index in [9.17, 15) is 9.59 Å². The van der Waals surface area contributed by atoms with Gasteiger partial charge in [-0.2, -0.15) is 0 Å². The minimum atomic E-state index is -0.405. The molecular weight excluding hydrogens is 268 g/mol. The van der Waals surface area contributed by atoms with Gasteiger partial charge in [0.1, 0.15) is 0 Å². The number of fused-ring (bicyclic) bond motifs is 8. The number of esters is 2. The molecule has 4 atom stereocenters. The molecule has 0 heterocycles. The molecule has 2 bridgehead atoms. The van der Waals surface area contributed by atoms with E-state index in [1.54, 1.807) is 0 Å². The molecule has 3 aliphatic carbocycles. The third-order valence-corrected chi connectivity index (χ3v) is 5.20. The first-order chi connectivity index (χ1) is 10.2. The van der Waals surface area contributed by atoms with Crippen molar-refractivity contribution < 1.29 is 19.1 Å². The Bertz CT molecular complexity index is 631. The van der Waals surface area contributed by atoms with Gasteiger partial charge in [0, 0.05) is 11.8 Å². The molecule has 1 aromatic rings. The number of hydrogen-bond donors (Lipinski definition) is 0. The Kier molecular flexibility index (Phi) is 2.44. The molecule has 4 nitrogen and oxygen atoms in total. The molecule has 1 aromatic carbocycles. The molecule has 0 N–H and O–H groups in total. The van der Waals surface area contributed by atoms with E-state index in [1.165, 1.54) is 25.3 Å². The summed E-state index contributed by atoms with van der Waals surface area (Å²) in [5, 5.41) is 0. The lowest BCUT2D eigenvalue weighted by molar-refractivity contribution is -0.142. The number of methoxy groups -OCH3 is 2. The van der Waals surface area contributed by atoms with Crippen LogP contribution in [0.2, 0.25) is 0 Å². The lowest BCUT2D eigenvalue weighted by Crippen LogP contribution is -2.42. The van der Waals surface area contributed by atoms with Crippen molar-refractivity contribution in [3.63, 3.8) is 0 Å². The maximum atomic E-state index is 12.1. The maximum Gasteiger partial charge on any atom is 0.334 e. The molecule has 4 rings (SSSR count). The van der Waals surface area contributed by atoms with E-state index in [1.807, 2.05) is 12.1 Å². The number of carbonyl (C=O) groups is 2. The van der Waals surface area contributed by atoms with E-state index in [-0.39, 0.29) is 23.7 Å². The molecule has 21 heavy (non-hydrogen) atoms. The molecule has 1 fully saturated rings. The monoisotopic (exact) mass is 282 g/mol. The van der Waals surface area contributed by atoms with Crippen molar-refractivity contribution in [3.05, 3.63) is 46.5 Å². The zero-order chi connectivity index (χ0) is 14.7. The lowest BCUT2D eigenvalue weighted by Gasteiger charge is -2.42. The summed E-state index contributed by atoms with van der Waals surface area (Å²) in [6.07, 6.45) is 0.970. The highest BCUT2D eigenvalue weighted by atomic mass is 16.5. The van der Waals surface area contributed by atoms with E-state index in [4.69, 9.17) is 9.47 Å². The van der Waals surface area contributed by atoms with Crippen LogP contribution in [0.4, 0.5) is 0 Å². The van der Waals surface area contributed by atoms with Crippen molar-refractivity contribution >= 4 is 11.9 Å². The van der Waals surface area contributed by atoms with Crippen molar-refractivity contribution in [1.82, 2.24) is 0 Å². The first-order valence-electron chi connectivity index (χ1n) is 7.01. The molecular formula is C17H14O4. The van der Waals surface area contributed by atoms with Gasteiger partial charge in [-0.05, 0) is 41.5 Å². The summed E-state index contributed by atoms with van der Waals surface area (Å²) in [5.74, 6) is -0.0825. The number of carbonyl (C=O) groups excluding carboxylic acids is 2. The second-order valence-corrected chi connectivity index (χ2v) is 5.80. The highest BCUT2D eigenvalue weighted by Crippen LogP contribution is 2.68. The Hall–Kier alpha value is -2.28. The van der Waals surface area contributed by atoms with E-state index < -0.39 is 11.9 Å². The fourth-order valence-corrected chi connectivity index (χ4v) is 4.49. The maximum absolute atomic E-state index is 12.1. The van der Waals surface area contributed by atoms with E-state index in [2.05, 4.69) is 12.1 Å². The molecule has 106 valence electrons. The van der Waals surface area contributed by atoms with Gasteiger partial charge in [0.05, 0.1) is 25.4 Å².